The molecular weight excluding hydrogens is 274 g/mol. The normalized spacial score (nSPS) is 10.5. The molecule has 5 heteroatoms. The quantitative estimate of drug-likeness (QED) is 0.886. The minimum Gasteiger partial charge on any atom is -0.486 e. The lowest BCUT2D eigenvalue weighted by Gasteiger charge is -2.06. The maximum atomic E-state index is 10.5. The molecule has 0 atom stereocenters. The van der Waals surface area contributed by atoms with E-state index < -0.39 is 5.97 Å². The average molecular weight is 291 g/mol. The van der Waals surface area contributed by atoms with Crippen LogP contribution in [0.25, 0.3) is 0 Å². The standard InChI is InChI=1S/C15H17NO3S/c1-10-5-11(2)7-12(6-10)19-9-14-16-8-13(20-14)3-4-15(17)18/h5-8H,3-4,9H2,1-2H3,(H,17,18). The van der Waals surface area contributed by atoms with Gasteiger partial charge in [-0.1, -0.05) is 6.07 Å². The molecule has 0 spiro atoms. The summed E-state index contributed by atoms with van der Waals surface area (Å²) in [6.07, 6.45) is 2.39. The van der Waals surface area contributed by atoms with Gasteiger partial charge in [0.15, 0.2) is 0 Å². The maximum Gasteiger partial charge on any atom is 0.303 e. The molecule has 0 aliphatic rings. The summed E-state index contributed by atoms with van der Waals surface area (Å²) in [6, 6.07) is 6.08. The van der Waals surface area contributed by atoms with E-state index in [4.69, 9.17) is 9.84 Å². The van der Waals surface area contributed by atoms with Gasteiger partial charge in [-0.05, 0) is 43.5 Å². The lowest BCUT2D eigenvalue weighted by molar-refractivity contribution is -0.136. The van der Waals surface area contributed by atoms with Crippen molar-refractivity contribution in [3.05, 3.63) is 45.4 Å². The van der Waals surface area contributed by atoms with Crippen LogP contribution < -0.4 is 4.74 Å². The lowest BCUT2D eigenvalue weighted by atomic mass is 10.1. The molecule has 0 aliphatic heterocycles. The van der Waals surface area contributed by atoms with Gasteiger partial charge in [0.1, 0.15) is 17.4 Å². The molecule has 2 rings (SSSR count). The predicted molar refractivity (Wildman–Crippen MR) is 78.3 cm³/mol. The van der Waals surface area contributed by atoms with E-state index in [2.05, 4.69) is 11.1 Å². The van der Waals surface area contributed by atoms with E-state index in [1.165, 1.54) is 22.5 Å². The van der Waals surface area contributed by atoms with Crippen LogP contribution >= 0.6 is 11.3 Å². The number of aryl methyl sites for hydroxylation is 3. The molecule has 0 fully saturated rings. The molecule has 0 radical (unpaired) electrons. The molecule has 1 heterocycles. The van der Waals surface area contributed by atoms with Gasteiger partial charge in [-0.25, -0.2) is 4.98 Å². The van der Waals surface area contributed by atoms with E-state index in [1.54, 1.807) is 6.20 Å². The summed E-state index contributed by atoms with van der Waals surface area (Å²) in [5.41, 5.74) is 2.34. The van der Waals surface area contributed by atoms with E-state index in [0.717, 1.165) is 15.6 Å². The number of carboxylic acids is 1. The summed E-state index contributed by atoms with van der Waals surface area (Å²) < 4.78 is 5.72. The number of aliphatic carboxylic acids is 1. The van der Waals surface area contributed by atoms with Crippen molar-refractivity contribution in [2.75, 3.05) is 0 Å². The zero-order valence-corrected chi connectivity index (χ0v) is 12.4. The van der Waals surface area contributed by atoms with Gasteiger partial charge in [0.2, 0.25) is 0 Å². The maximum absolute atomic E-state index is 10.5. The molecule has 1 aromatic heterocycles. The van der Waals surface area contributed by atoms with Gasteiger partial charge in [0.25, 0.3) is 0 Å². The Kier molecular flexibility index (Phi) is 4.74. The van der Waals surface area contributed by atoms with Crippen molar-refractivity contribution in [3.63, 3.8) is 0 Å². The van der Waals surface area contributed by atoms with Crippen LogP contribution in [0.1, 0.15) is 27.4 Å². The molecule has 1 N–H and O–H groups in total. The van der Waals surface area contributed by atoms with Gasteiger partial charge in [-0.2, -0.15) is 0 Å². The molecule has 0 amide bonds. The second-order valence-corrected chi connectivity index (χ2v) is 5.93. The van der Waals surface area contributed by atoms with Crippen molar-refractivity contribution in [3.8, 4) is 5.75 Å². The Balaban J connectivity index is 1.92. The largest absolute Gasteiger partial charge is 0.486 e. The lowest BCUT2D eigenvalue weighted by Crippen LogP contribution is -1.95. The number of thiazole rings is 1. The summed E-state index contributed by atoms with van der Waals surface area (Å²) in [5.74, 6) is 0.0521. The third-order valence-corrected chi connectivity index (χ3v) is 3.77. The Labute approximate surface area is 122 Å². The monoisotopic (exact) mass is 291 g/mol. The van der Waals surface area contributed by atoms with E-state index in [0.29, 0.717) is 13.0 Å². The summed E-state index contributed by atoms with van der Waals surface area (Å²) in [7, 11) is 0. The van der Waals surface area contributed by atoms with Crippen molar-refractivity contribution in [2.45, 2.75) is 33.3 Å². The Bertz CT molecular complexity index is 587. The van der Waals surface area contributed by atoms with E-state index in [-0.39, 0.29) is 6.42 Å². The van der Waals surface area contributed by atoms with Crippen LogP contribution in [0.5, 0.6) is 5.75 Å². The van der Waals surface area contributed by atoms with Crippen LogP contribution in [0.4, 0.5) is 0 Å². The zero-order valence-electron chi connectivity index (χ0n) is 11.5. The van der Waals surface area contributed by atoms with Crippen molar-refractivity contribution in [1.82, 2.24) is 4.98 Å². The molecule has 0 saturated carbocycles. The predicted octanol–water partition coefficient (Wildman–Crippen LogP) is 3.36. The summed E-state index contributed by atoms with van der Waals surface area (Å²) in [4.78, 5) is 15.7. The van der Waals surface area contributed by atoms with Crippen LogP contribution in [-0.2, 0) is 17.8 Å². The molecule has 0 bridgehead atoms. The first-order valence-electron chi connectivity index (χ1n) is 6.39. The highest BCUT2D eigenvalue weighted by Crippen LogP contribution is 2.20. The summed E-state index contributed by atoms with van der Waals surface area (Å²) in [5, 5.41) is 9.51. The number of hydrogen-bond acceptors (Lipinski definition) is 4. The van der Waals surface area contributed by atoms with E-state index in [9.17, 15) is 4.79 Å². The first-order chi connectivity index (χ1) is 9.52. The number of hydrogen-bond donors (Lipinski definition) is 1. The fourth-order valence-corrected chi connectivity index (χ4v) is 2.76. The molecular formula is C15H17NO3S. The van der Waals surface area contributed by atoms with Crippen molar-refractivity contribution in [1.29, 1.82) is 0 Å². The van der Waals surface area contributed by atoms with Crippen LogP contribution in [0.2, 0.25) is 0 Å². The summed E-state index contributed by atoms with van der Waals surface area (Å²) >= 11 is 1.50. The Morgan fingerprint density at radius 3 is 2.65 bits per heavy atom. The molecule has 0 unspecified atom stereocenters. The number of nitrogens with zero attached hydrogens (tertiary/aromatic N) is 1. The van der Waals surface area contributed by atoms with E-state index in [1.807, 2.05) is 26.0 Å². The fourth-order valence-electron chi connectivity index (χ4n) is 1.92. The van der Waals surface area contributed by atoms with Gasteiger partial charge in [-0.3, -0.25) is 4.79 Å². The van der Waals surface area contributed by atoms with Crippen LogP contribution in [0, 0.1) is 13.8 Å². The second-order valence-electron chi connectivity index (χ2n) is 4.73. The molecule has 4 nitrogen and oxygen atoms in total. The minimum absolute atomic E-state index is 0.138. The van der Waals surface area contributed by atoms with Gasteiger partial charge >= 0.3 is 5.97 Å². The molecule has 0 saturated heterocycles. The number of rotatable bonds is 6. The third kappa shape index (κ3) is 4.35. The minimum atomic E-state index is -0.786. The molecule has 2 aromatic rings. The zero-order chi connectivity index (χ0) is 14.5. The smallest absolute Gasteiger partial charge is 0.303 e. The van der Waals surface area contributed by atoms with Gasteiger partial charge < -0.3 is 9.84 Å². The van der Waals surface area contributed by atoms with Crippen molar-refractivity contribution < 1.29 is 14.6 Å². The van der Waals surface area contributed by atoms with E-state index >= 15 is 0 Å². The van der Waals surface area contributed by atoms with Gasteiger partial charge in [0, 0.05) is 11.1 Å². The summed E-state index contributed by atoms with van der Waals surface area (Å²) in [6.45, 7) is 4.49. The van der Waals surface area contributed by atoms with Gasteiger partial charge in [-0.15, -0.1) is 11.3 Å². The second kappa shape index (κ2) is 6.52. The Hall–Kier alpha value is -1.88. The van der Waals surface area contributed by atoms with Crippen LogP contribution in [0.3, 0.4) is 0 Å². The molecule has 1 aromatic carbocycles. The first-order valence-corrected chi connectivity index (χ1v) is 7.21. The number of carbonyl (C=O) groups is 1. The Morgan fingerprint density at radius 1 is 1.30 bits per heavy atom. The van der Waals surface area contributed by atoms with Crippen LogP contribution in [0.15, 0.2) is 24.4 Å². The number of aromatic nitrogens is 1. The SMILES string of the molecule is Cc1cc(C)cc(OCc2ncc(CCC(=O)O)s2)c1. The number of benzene rings is 1. The Morgan fingerprint density at radius 2 is 2.00 bits per heavy atom. The molecule has 0 aliphatic carbocycles. The highest BCUT2D eigenvalue weighted by Gasteiger charge is 2.06. The highest BCUT2D eigenvalue weighted by atomic mass is 32.1. The van der Waals surface area contributed by atoms with Crippen molar-refractivity contribution >= 4 is 17.3 Å². The van der Waals surface area contributed by atoms with Gasteiger partial charge in [0.05, 0.1) is 6.42 Å². The third-order valence-electron chi connectivity index (χ3n) is 2.74. The van der Waals surface area contributed by atoms with Crippen LogP contribution in [-0.4, -0.2) is 16.1 Å². The average Bonchev–Trinajstić information content (AvgIpc) is 2.81. The fraction of sp³-hybridized carbons (Fsp3) is 0.333. The number of carboxylic acid groups (broad SMARTS) is 1. The molecule has 20 heavy (non-hydrogen) atoms. The topological polar surface area (TPSA) is 59.4 Å². The molecule has 106 valence electrons. The highest BCUT2D eigenvalue weighted by molar-refractivity contribution is 7.11. The number of ether oxygens (including phenoxy) is 1. The van der Waals surface area contributed by atoms with Crippen molar-refractivity contribution in [2.24, 2.45) is 0 Å². The first kappa shape index (κ1) is 14.5.